The van der Waals surface area contributed by atoms with E-state index in [9.17, 15) is 0 Å². The summed E-state index contributed by atoms with van der Waals surface area (Å²) in [4.78, 5) is 5.25. The molecule has 2 fully saturated rings. The molecule has 1 atom stereocenters. The Kier molecular flexibility index (Phi) is 4.58. The van der Waals surface area contributed by atoms with Gasteiger partial charge in [0.1, 0.15) is 0 Å². The third-order valence-electron chi connectivity index (χ3n) is 4.70. The normalized spacial score (nSPS) is 23.6. The second kappa shape index (κ2) is 6.59. The molecule has 110 valence electrons. The number of anilines is 1. The molecule has 2 heterocycles. The molecule has 2 saturated heterocycles. The molecule has 1 aromatic carbocycles. The molecule has 3 rings (SSSR count). The van der Waals surface area contributed by atoms with Crippen molar-refractivity contribution in [2.75, 3.05) is 37.6 Å². The van der Waals surface area contributed by atoms with Crippen LogP contribution in [0.2, 0.25) is 0 Å². The van der Waals surface area contributed by atoms with Gasteiger partial charge in [-0.2, -0.15) is 0 Å². The van der Waals surface area contributed by atoms with Gasteiger partial charge in [-0.3, -0.25) is 4.90 Å². The van der Waals surface area contributed by atoms with E-state index in [1.807, 2.05) is 0 Å². The molecule has 2 aliphatic rings. The topological polar surface area (TPSA) is 18.5 Å². The lowest BCUT2D eigenvalue weighted by Crippen LogP contribution is -2.35. The van der Waals surface area contributed by atoms with Gasteiger partial charge in [0, 0.05) is 31.4 Å². The molecule has 3 nitrogen and oxygen atoms in total. The van der Waals surface area contributed by atoms with E-state index in [-0.39, 0.29) is 0 Å². The Balaban J connectivity index is 1.56. The molecular weight excluding hydrogens is 246 g/mol. The first-order valence-corrected chi connectivity index (χ1v) is 8.15. The van der Waals surface area contributed by atoms with E-state index in [0.717, 1.165) is 19.1 Å². The molecule has 20 heavy (non-hydrogen) atoms. The van der Waals surface area contributed by atoms with Crippen LogP contribution in [0.15, 0.2) is 24.3 Å². The smallest absolute Gasteiger partial charge is 0.0366 e. The van der Waals surface area contributed by atoms with Crippen LogP contribution >= 0.6 is 0 Å². The first kappa shape index (κ1) is 13.9. The van der Waals surface area contributed by atoms with Crippen molar-refractivity contribution >= 4 is 5.69 Å². The third-order valence-corrected chi connectivity index (χ3v) is 4.70. The van der Waals surface area contributed by atoms with Crippen molar-refractivity contribution in [2.24, 2.45) is 0 Å². The van der Waals surface area contributed by atoms with Crippen LogP contribution in [0.25, 0.3) is 0 Å². The molecule has 1 unspecified atom stereocenters. The predicted molar refractivity (Wildman–Crippen MR) is 85.2 cm³/mol. The second-order valence-corrected chi connectivity index (χ2v) is 6.08. The van der Waals surface area contributed by atoms with E-state index in [0.29, 0.717) is 0 Å². The first-order valence-electron chi connectivity index (χ1n) is 8.15. The van der Waals surface area contributed by atoms with E-state index in [1.54, 1.807) is 0 Å². The number of hydrogen-bond acceptors (Lipinski definition) is 3. The Labute approximate surface area is 123 Å². The van der Waals surface area contributed by atoms with Crippen LogP contribution < -0.4 is 10.2 Å². The van der Waals surface area contributed by atoms with E-state index >= 15 is 0 Å². The summed E-state index contributed by atoms with van der Waals surface area (Å²) in [6, 6.07) is 9.90. The molecule has 2 aliphatic heterocycles. The van der Waals surface area contributed by atoms with Gasteiger partial charge in [-0.15, -0.1) is 0 Å². The van der Waals surface area contributed by atoms with Crippen LogP contribution in [-0.2, 0) is 6.54 Å². The fourth-order valence-electron chi connectivity index (χ4n) is 3.48. The van der Waals surface area contributed by atoms with Gasteiger partial charge in [-0.25, -0.2) is 0 Å². The average molecular weight is 273 g/mol. The highest BCUT2D eigenvalue weighted by atomic mass is 15.3. The lowest BCUT2D eigenvalue weighted by atomic mass is 10.2. The molecule has 0 aromatic heterocycles. The second-order valence-electron chi connectivity index (χ2n) is 6.08. The van der Waals surface area contributed by atoms with Gasteiger partial charge >= 0.3 is 0 Å². The lowest BCUT2D eigenvalue weighted by molar-refractivity contribution is 0.260. The highest BCUT2D eigenvalue weighted by Gasteiger charge is 2.29. The maximum atomic E-state index is 3.38. The van der Waals surface area contributed by atoms with E-state index < -0.39 is 0 Å². The number of benzene rings is 1. The zero-order valence-corrected chi connectivity index (χ0v) is 12.6. The van der Waals surface area contributed by atoms with Crippen LogP contribution in [0, 0.1) is 0 Å². The highest BCUT2D eigenvalue weighted by molar-refractivity contribution is 5.48. The molecule has 0 bridgehead atoms. The zero-order valence-electron chi connectivity index (χ0n) is 12.6. The Morgan fingerprint density at radius 2 is 1.85 bits per heavy atom. The number of rotatable bonds is 5. The molecule has 0 radical (unpaired) electrons. The van der Waals surface area contributed by atoms with Crippen molar-refractivity contribution in [3.8, 4) is 0 Å². The van der Waals surface area contributed by atoms with E-state index in [1.165, 1.54) is 56.7 Å². The van der Waals surface area contributed by atoms with Gasteiger partial charge in [0.2, 0.25) is 0 Å². The maximum Gasteiger partial charge on any atom is 0.0366 e. The lowest BCUT2D eigenvalue weighted by Gasteiger charge is -2.24. The van der Waals surface area contributed by atoms with Crippen LogP contribution in [0.4, 0.5) is 5.69 Å². The molecule has 0 spiro atoms. The molecule has 1 aromatic rings. The fraction of sp³-hybridized carbons (Fsp3) is 0.647. The van der Waals surface area contributed by atoms with Crippen molar-refractivity contribution in [1.29, 1.82) is 0 Å². The van der Waals surface area contributed by atoms with Gasteiger partial charge in [0.25, 0.3) is 0 Å². The summed E-state index contributed by atoms with van der Waals surface area (Å²) in [6.45, 7) is 9.23. The predicted octanol–water partition coefficient (Wildman–Crippen LogP) is 2.47. The maximum absolute atomic E-state index is 3.38. The standard InChI is InChI=1S/C17H27N3/c1-2-18-13-15-5-7-16(8-6-15)20-12-9-17(14-20)19-10-3-4-11-19/h5-8,17-18H,2-4,9-14H2,1H3. The summed E-state index contributed by atoms with van der Waals surface area (Å²) >= 11 is 0. The number of nitrogens with one attached hydrogen (secondary N) is 1. The zero-order chi connectivity index (χ0) is 13.8. The van der Waals surface area contributed by atoms with Crippen molar-refractivity contribution in [2.45, 2.75) is 38.8 Å². The van der Waals surface area contributed by atoms with Gasteiger partial charge in [0.15, 0.2) is 0 Å². The molecule has 0 amide bonds. The summed E-state index contributed by atoms with van der Waals surface area (Å²) in [6.07, 6.45) is 4.13. The monoisotopic (exact) mass is 273 g/mol. The van der Waals surface area contributed by atoms with Crippen LogP contribution in [0.5, 0.6) is 0 Å². The molecule has 3 heteroatoms. The summed E-state index contributed by atoms with van der Waals surface area (Å²) in [5.41, 5.74) is 2.78. The van der Waals surface area contributed by atoms with E-state index in [2.05, 4.69) is 46.3 Å². The van der Waals surface area contributed by atoms with Gasteiger partial charge in [-0.05, 0) is 56.6 Å². The summed E-state index contributed by atoms with van der Waals surface area (Å²) in [5, 5.41) is 3.38. The van der Waals surface area contributed by atoms with Crippen molar-refractivity contribution in [3.05, 3.63) is 29.8 Å². The Morgan fingerprint density at radius 1 is 1.10 bits per heavy atom. The molecular formula is C17H27N3. The average Bonchev–Trinajstić information content (AvgIpc) is 3.16. The minimum Gasteiger partial charge on any atom is -0.370 e. The summed E-state index contributed by atoms with van der Waals surface area (Å²) < 4.78 is 0. The highest BCUT2D eigenvalue weighted by Crippen LogP contribution is 2.25. The minimum absolute atomic E-state index is 0.791. The SMILES string of the molecule is CCNCc1ccc(N2CCC(N3CCCC3)C2)cc1. The summed E-state index contributed by atoms with van der Waals surface area (Å²) in [7, 11) is 0. The van der Waals surface area contributed by atoms with E-state index in [4.69, 9.17) is 0 Å². The Hall–Kier alpha value is -1.06. The molecule has 1 N–H and O–H groups in total. The van der Waals surface area contributed by atoms with Crippen molar-refractivity contribution < 1.29 is 0 Å². The third kappa shape index (κ3) is 3.15. The first-order chi connectivity index (χ1) is 9.86. The molecule has 0 aliphatic carbocycles. The van der Waals surface area contributed by atoms with Crippen molar-refractivity contribution in [1.82, 2.24) is 10.2 Å². The van der Waals surface area contributed by atoms with Crippen molar-refractivity contribution in [3.63, 3.8) is 0 Å². The largest absolute Gasteiger partial charge is 0.370 e. The number of hydrogen-bond donors (Lipinski definition) is 1. The fourth-order valence-corrected chi connectivity index (χ4v) is 3.48. The Bertz CT molecular complexity index is 409. The Morgan fingerprint density at radius 3 is 2.55 bits per heavy atom. The van der Waals surface area contributed by atoms with Crippen LogP contribution in [0.1, 0.15) is 31.7 Å². The number of likely N-dealkylation sites (tertiary alicyclic amines) is 1. The van der Waals surface area contributed by atoms with Gasteiger partial charge in [0.05, 0.1) is 0 Å². The summed E-state index contributed by atoms with van der Waals surface area (Å²) in [5.74, 6) is 0. The van der Waals surface area contributed by atoms with Crippen LogP contribution in [-0.4, -0.2) is 43.7 Å². The number of nitrogens with zero attached hydrogens (tertiary/aromatic N) is 2. The minimum atomic E-state index is 0.791. The quantitative estimate of drug-likeness (QED) is 0.889. The van der Waals surface area contributed by atoms with Gasteiger partial charge in [-0.1, -0.05) is 19.1 Å². The van der Waals surface area contributed by atoms with Gasteiger partial charge < -0.3 is 10.2 Å². The molecule has 0 saturated carbocycles. The van der Waals surface area contributed by atoms with Crippen LogP contribution in [0.3, 0.4) is 0 Å².